The highest BCUT2D eigenvalue weighted by Gasteiger charge is 2.41. The van der Waals surface area contributed by atoms with Crippen molar-refractivity contribution >= 4 is 17.5 Å². The lowest BCUT2D eigenvalue weighted by Crippen LogP contribution is -2.41. The van der Waals surface area contributed by atoms with Crippen molar-refractivity contribution in [3.05, 3.63) is 24.3 Å². The Hall–Kier alpha value is -2.12. The molecule has 0 unspecified atom stereocenters. The lowest BCUT2D eigenvalue weighted by molar-refractivity contribution is -0.179. The van der Waals surface area contributed by atoms with Crippen molar-refractivity contribution in [2.45, 2.75) is 63.3 Å². The van der Waals surface area contributed by atoms with E-state index in [9.17, 15) is 18.0 Å². The topological polar surface area (TPSA) is 67.6 Å². The summed E-state index contributed by atoms with van der Waals surface area (Å²) in [6, 6.07) is 8.15. The number of alkyl halides is 3. The van der Waals surface area contributed by atoms with Crippen molar-refractivity contribution in [2.24, 2.45) is 11.7 Å². The average molecular weight is 399 g/mol. The van der Waals surface area contributed by atoms with E-state index in [1.807, 2.05) is 36.1 Å². The van der Waals surface area contributed by atoms with E-state index in [2.05, 4.69) is 5.32 Å². The number of halogens is 3. The van der Waals surface area contributed by atoms with Gasteiger partial charge in [0.2, 0.25) is 0 Å². The lowest BCUT2D eigenvalue weighted by atomic mass is 9.83. The van der Waals surface area contributed by atoms with Crippen LogP contribution >= 0.6 is 0 Å². The number of nitrogens with zero attached hydrogens (tertiary/aromatic N) is 1. The smallest absolute Gasteiger partial charge is 0.405 e. The van der Waals surface area contributed by atoms with Gasteiger partial charge in [-0.2, -0.15) is 13.2 Å². The van der Waals surface area contributed by atoms with Gasteiger partial charge in [0.1, 0.15) is 5.60 Å². The summed E-state index contributed by atoms with van der Waals surface area (Å²) in [4.78, 5) is 13.0. The van der Waals surface area contributed by atoms with E-state index in [4.69, 9.17) is 10.5 Å². The molecule has 1 aliphatic heterocycles. The van der Waals surface area contributed by atoms with Crippen molar-refractivity contribution in [3.63, 3.8) is 0 Å². The maximum absolute atomic E-state index is 12.8. The summed E-state index contributed by atoms with van der Waals surface area (Å²) in [6.45, 7) is 2.76. The molecule has 0 aromatic heterocycles. The first kappa shape index (κ1) is 20.6. The Morgan fingerprint density at radius 2 is 1.71 bits per heavy atom. The predicted octanol–water partition coefficient (Wildman–Crippen LogP) is 4.67. The maximum atomic E-state index is 12.8. The molecule has 1 aromatic carbocycles. The molecule has 0 bridgehead atoms. The molecule has 1 heterocycles. The first-order valence-electron chi connectivity index (χ1n) is 9.81. The molecule has 28 heavy (non-hydrogen) atoms. The van der Waals surface area contributed by atoms with Crippen molar-refractivity contribution in [1.82, 2.24) is 0 Å². The van der Waals surface area contributed by atoms with Crippen LogP contribution in [-0.2, 0) is 4.74 Å². The summed E-state index contributed by atoms with van der Waals surface area (Å²) in [5, 5.41) is 3.49. The Balaban J connectivity index is 1.49. The van der Waals surface area contributed by atoms with Crippen LogP contribution in [0.3, 0.4) is 0 Å². The van der Waals surface area contributed by atoms with Crippen LogP contribution in [0, 0.1) is 5.92 Å². The number of nitrogens with two attached hydrogens (primary N) is 1. The Kier molecular flexibility index (Phi) is 5.95. The summed E-state index contributed by atoms with van der Waals surface area (Å²) >= 11 is 0. The predicted molar refractivity (Wildman–Crippen MR) is 102 cm³/mol. The van der Waals surface area contributed by atoms with Crippen LogP contribution < -0.4 is 16.0 Å². The zero-order valence-corrected chi connectivity index (χ0v) is 16.1. The van der Waals surface area contributed by atoms with E-state index < -0.39 is 23.8 Å². The zero-order valence-electron chi connectivity index (χ0n) is 16.1. The van der Waals surface area contributed by atoms with E-state index in [1.54, 1.807) is 0 Å². The van der Waals surface area contributed by atoms with E-state index >= 15 is 0 Å². The van der Waals surface area contributed by atoms with E-state index in [0.29, 0.717) is 13.1 Å². The normalized spacial score (nSPS) is 26.7. The molecule has 3 rings (SSSR count). The van der Waals surface area contributed by atoms with Crippen molar-refractivity contribution in [3.8, 4) is 0 Å². The molecular weight excluding hydrogens is 371 g/mol. The molecule has 1 aromatic rings. The highest BCUT2D eigenvalue weighted by atomic mass is 19.4. The fourth-order valence-electron chi connectivity index (χ4n) is 4.19. The quantitative estimate of drug-likeness (QED) is 0.772. The lowest BCUT2D eigenvalue weighted by Gasteiger charge is -2.37. The number of anilines is 2. The number of ether oxygens (including phenoxy) is 1. The highest BCUT2D eigenvalue weighted by Crippen LogP contribution is 2.36. The molecular formula is C20H28F3N3O2. The zero-order chi connectivity index (χ0) is 20.4. The number of nitrogens with one attached hydrogen (secondary N) is 1. The molecule has 2 aliphatic rings. The SMILES string of the molecule is CC1(OC(N)=O)CCC(Nc2ccc(N3CCC(C(F)(F)F)CC3)cc2)CC1. The second-order valence-corrected chi connectivity index (χ2v) is 8.14. The molecule has 0 atom stereocenters. The number of carbonyl (C=O) groups excluding carboxylic acids is 1. The number of hydrogen-bond donors (Lipinski definition) is 2. The van der Waals surface area contributed by atoms with Gasteiger partial charge in [-0.1, -0.05) is 0 Å². The largest absolute Gasteiger partial charge is 0.443 e. The van der Waals surface area contributed by atoms with Crippen LogP contribution in [0.25, 0.3) is 0 Å². The summed E-state index contributed by atoms with van der Waals surface area (Å²) < 4.78 is 43.6. The van der Waals surface area contributed by atoms with E-state index in [-0.39, 0.29) is 18.9 Å². The molecule has 1 saturated heterocycles. The van der Waals surface area contributed by atoms with Crippen LogP contribution in [0.1, 0.15) is 45.4 Å². The molecule has 5 nitrogen and oxygen atoms in total. The number of amides is 1. The second-order valence-electron chi connectivity index (χ2n) is 8.14. The summed E-state index contributed by atoms with van der Waals surface area (Å²) in [6.07, 6.45) is -1.27. The standard InChI is InChI=1S/C20H28F3N3O2/c1-19(28-18(24)27)10-6-16(7-11-19)25-15-2-4-17(5-3-15)26-12-8-14(9-13-26)20(21,22)23/h2-5,14,16,25H,6-13H2,1H3,(H2,24,27). The van der Waals surface area contributed by atoms with Crippen molar-refractivity contribution < 1.29 is 22.7 Å². The minimum atomic E-state index is -4.08. The number of hydrogen-bond acceptors (Lipinski definition) is 4. The van der Waals surface area contributed by atoms with Crippen LogP contribution in [0.2, 0.25) is 0 Å². The molecule has 2 fully saturated rings. The molecule has 1 saturated carbocycles. The molecule has 156 valence electrons. The number of carbonyl (C=O) groups is 1. The maximum Gasteiger partial charge on any atom is 0.405 e. The monoisotopic (exact) mass is 399 g/mol. The average Bonchev–Trinajstić information content (AvgIpc) is 2.63. The van der Waals surface area contributed by atoms with Gasteiger partial charge in [-0.05, 0) is 69.7 Å². The minimum absolute atomic E-state index is 0.151. The number of benzene rings is 1. The Labute approximate surface area is 163 Å². The van der Waals surface area contributed by atoms with E-state index in [1.165, 1.54) is 0 Å². The first-order chi connectivity index (χ1) is 13.1. The molecule has 0 radical (unpaired) electrons. The van der Waals surface area contributed by atoms with Gasteiger partial charge in [-0.25, -0.2) is 4.79 Å². The third-order valence-electron chi connectivity index (χ3n) is 5.95. The molecule has 3 N–H and O–H groups in total. The fraction of sp³-hybridized carbons (Fsp3) is 0.650. The van der Waals surface area contributed by atoms with Crippen LogP contribution in [0.4, 0.5) is 29.3 Å². The minimum Gasteiger partial charge on any atom is -0.443 e. The van der Waals surface area contributed by atoms with Crippen molar-refractivity contribution in [1.29, 1.82) is 0 Å². The van der Waals surface area contributed by atoms with Gasteiger partial charge in [0.25, 0.3) is 0 Å². The van der Waals surface area contributed by atoms with E-state index in [0.717, 1.165) is 37.1 Å². The molecule has 1 aliphatic carbocycles. The van der Waals surface area contributed by atoms with Gasteiger partial charge in [0.15, 0.2) is 0 Å². The number of primary amides is 1. The second kappa shape index (κ2) is 8.09. The molecule has 0 spiro atoms. The number of piperidine rings is 1. The summed E-state index contributed by atoms with van der Waals surface area (Å²) in [5.41, 5.74) is 6.59. The van der Waals surface area contributed by atoms with Gasteiger partial charge in [-0.3, -0.25) is 0 Å². The number of rotatable bonds is 4. The fourth-order valence-corrected chi connectivity index (χ4v) is 4.19. The van der Waals surface area contributed by atoms with Gasteiger partial charge < -0.3 is 20.7 Å². The van der Waals surface area contributed by atoms with Gasteiger partial charge >= 0.3 is 12.3 Å². The Morgan fingerprint density at radius 1 is 1.14 bits per heavy atom. The summed E-state index contributed by atoms with van der Waals surface area (Å²) in [5.74, 6) is -1.18. The van der Waals surface area contributed by atoms with Gasteiger partial charge in [0.05, 0.1) is 5.92 Å². The van der Waals surface area contributed by atoms with Crippen LogP contribution in [0.15, 0.2) is 24.3 Å². The Bertz CT molecular complexity index is 662. The summed E-state index contributed by atoms with van der Waals surface area (Å²) in [7, 11) is 0. The van der Waals surface area contributed by atoms with Gasteiger partial charge in [-0.15, -0.1) is 0 Å². The molecule has 8 heteroatoms. The Morgan fingerprint density at radius 3 is 2.21 bits per heavy atom. The van der Waals surface area contributed by atoms with Crippen LogP contribution in [0.5, 0.6) is 0 Å². The van der Waals surface area contributed by atoms with Crippen LogP contribution in [-0.4, -0.2) is 37.0 Å². The third kappa shape index (κ3) is 5.23. The highest BCUT2D eigenvalue weighted by molar-refractivity contribution is 5.65. The first-order valence-corrected chi connectivity index (χ1v) is 9.81. The third-order valence-corrected chi connectivity index (χ3v) is 5.95. The molecule has 1 amide bonds. The van der Waals surface area contributed by atoms with Gasteiger partial charge in [0, 0.05) is 30.5 Å². The van der Waals surface area contributed by atoms with Crippen molar-refractivity contribution in [2.75, 3.05) is 23.3 Å².